The Bertz CT molecular complexity index is 632. The molecule has 124 valence electrons. The van der Waals surface area contributed by atoms with E-state index in [0.717, 1.165) is 13.0 Å². The van der Waals surface area contributed by atoms with Crippen LogP contribution in [-0.4, -0.2) is 39.4 Å². The van der Waals surface area contributed by atoms with Crippen LogP contribution < -0.4 is 4.46 Å². The molecule has 3 atom stereocenters. The second-order valence-electron chi connectivity index (χ2n) is 8.15. The Morgan fingerprint density at radius 1 is 1.09 bits per heavy atom. The van der Waals surface area contributed by atoms with Gasteiger partial charge in [-0.25, -0.2) is 0 Å². The van der Waals surface area contributed by atoms with Gasteiger partial charge in [0.2, 0.25) is 0 Å². The molecule has 2 nitrogen and oxygen atoms in total. The molecular weight excluding hydrogens is 351 g/mol. The standard InChI is InChI=1S/C20H26O2Se/c1-19(2)11-10-15-16-14(19)12-21-17(16)18(20(3,4)22-15)23-13-8-6-5-7-9-13/h5-9,15,17-18H,10-12H2,1-4H3/t15-,17+,18-/m1/s1. The Morgan fingerprint density at radius 3 is 2.57 bits per heavy atom. The third-order valence-electron chi connectivity index (χ3n) is 5.67. The van der Waals surface area contributed by atoms with Crippen molar-refractivity contribution < 1.29 is 9.47 Å². The van der Waals surface area contributed by atoms with Crippen LogP contribution in [0.25, 0.3) is 0 Å². The van der Waals surface area contributed by atoms with E-state index in [2.05, 4.69) is 58.0 Å². The van der Waals surface area contributed by atoms with E-state index in [-0.39, 0.29) is 23.2 Å². The Hall–Kier alpha value is -0.601. The van der Waals surface area contributed by atoms with Gasteiger partial charge in [-0.05, 0) is 0 Å². The minimum absolute atomic E-state index is 0.119. The second kappa shape index (κ2) is 5.46. The van der Waals surface area contributed by atoms with Crippen LogP contribution in [0.15, 0.2) is 41.5 Å². The molecule has 0 spiro atoms. The summed E-state index contributed by atoms with van der Waals surface area (Å²) in [7, 11) is 0. The number of hydrogen-bond acceptors (Lipinski definition) is 2. The van der Waals surface area contributed by atoms with E-state index in [9.17, 15) is 0 Å². The van der Waals surface area contributed by atoms with Crippen LogP contribution in [0.3, 0.4) is 0 Å². The van der Waals surface area contributed by atoms with Crippen molar-refractivity contribution in [2.75, 3.05) is 6.61 Å². The molecule has 0 N–H and O–H groups in total. The van der Waals surface area contributed by atoms with Crippen LogP contribution in [0, 0.1) is 5.41 Å². The van der Waals surface area contributed by atoms with E-state index in [1.54, 1.807) is 0 Å². The molecule has 0 unspecified atom stereocenters. The van der Waals surface area contributed by atoms with Gasteiger partial charge in [0.15, 0.2) is 0 Å². The summed E-state index contributed by atoms with van der Waals surface area (Å²) in [6, 6.07) is 10.9. The zero-order valence-corrected chi connectivity index (χ0v) is 16.2. The first-order chi connectivity index (χ1) is 10.9. The predicted molar refractivity (Wildman–Crippen MR) is 94.3 cm³/mol. The SMILES string of the molecule is CC1(C)CC[C@H]2OC(C)(C)[C@H]([Se]c3ccccc3)[C@H]3OCC1=C23. The number of rotatable bonds is 2. The zero-order valence-electron chi connectivity index (χ0n) is 14.5. The number of ether oxygens (including phenoxy) is 2. The third kappa shape index (κ3) is 2.62. The van der Waals surface area contributed by atoms with Crippen LogP contribution in [0.2, 0.25) is 4.82 Å². The summed E-state index contributed by atoms with van der Waals surface area (Å²) in [4.78, 5) is 0.440. The molecule has 0 saturated carbocycles. The van der Waals surface area contributed by atoms with Crippen LogP contribution in [0.4, 0.5) is 0 Å². The summed E-state index contributed by atoms with van der Waals surface area (Å²) in [5.41, 5.74) is 3.19. The molecule has 0 aromatic heterocycles. The maximum absolute atomic E-state index is 6.61. The summed E-state index contributed by atoms with van der Waals surface area (Å²) < 4.78 is 14.4. The Balaban J connectivity index is 1.71. The molecule has 1 fully saturated rings. The molecule has 0 bridgehead atoms. The topological polar surface area (TPSA) is 18.5 Å². The van der Waals surface area contributed by atoms with Crippen LogP contribution in [0.1, 0.15) is 40.5 Å². The molecule has 0 amide bonds. The van der Waals surface area contributed by atoms with Crippen molar-refractivity contribution in [3.8, 4) is 0 Å². The van der Waals surface area contributed by atoms with Crippen LogP contribution in [-0.2, 0) is 9.47 Å². The average Bonchev–Trinajstić information content (AvgIpc) is 2.94. The summed E-state index contributed by atoms with van der Waals surface area (Å²) in [6.45, 7) is 10.1. The summed E-state index contributed by atoms with van der Waals surface area (Å²) in [6.07, 6.45) is 2.89. The molecule has 1 aromatic carbocycles. The number of benzene rings is 1. The van der Waals surface area contributed by atoms with E-state index >= 15 is 0 Å². The van der Waals surface area contributed by atoms with Gasteiger partial charge in [-0.2, -0.15) is 0 Å². The number of hydrogen-bond donors (Lipinski definition) is 0. The average molecular weight is 377 g/mol. The molecule has 23 heavy (non-hydrogen) atoms. The fraction of sp³-hybridized carbons (Fsp3) is 0.600. The Kier molecular flexibility index (Phi) is 3.77. The van der Waals surface area contributed by atoms with Gasteiger partial charge in [-0.15, -0.1) is 0 Å². The molecule has 1 aromatic rings. The molecule has 2 aliphatic heterocycles. The summed E-state index contributed by atoms with van der Waals surface area (Å²) in [5, 5.41) is 0. The quantitative estimate of drug-likeness (QED) is 0.580. The van der Waals surface area contributed by atoms with Crippen molar-refractivity contribution in [1.82, 2.24) is 0 Å². The van der Waals surface area contributed by atoms with Gasteiger partial charge >= 0.3 is 146 Å². The van der Waals surface area contributed by atoms with Gasteiger partial charge in [-0.1, -0.05) is 0 Å². The zero-order chi connectivity index (χ0) is 16.2. The molecule has 0 radical (unpaired) electrons. The fourth-order valence-corrected chi connectivity index (χ4v) is 7.02. The van der Waals surface area contributed by atoms with Gasteiger partial charge in [-0.3, -0.25) is 0 Å². The van der Waals surface area contributed by atoms with Crippen LogP contribution >= 0.6 is 0 Å². The Labute approximate surface area is 145 Å². The fourth-order valence-electron chi connectivity index (χ4n) is 4.30. The summed E-state index contributed by atoms with van der Waals surface area (Å²) >= 11 is 0.352. The van der Waals surface area contributed by atoms with Gasteiger partial charge in [0.05, 0.1) is 0 Å². The molecule has 2 heterocycles. The van der Waals surface area contributed by atoms with Gasteiger partial charge in [0, 0.05) is 0 Å². The van der Waals surface area contributed by atoms with Crippen molar-refractivity contribution >= 4 is 19.4 Å². The van der Waals surface area contributed by atoms with Crippen molar-refractivity contribution in [2.45, 2.75) is 63.2 Å². The molecule has 1 saturated heterocycles. The monoisotopic (exact) mass is 378 g/mol. The van der Waals surface area contributed by atoms with Gasteiger partial charge < -0.3 is 0 Å². The molecule has 3 heteroatoms. The molecular formula is C20H26O2Se. The predicted octanol–water partition coefficient (Wildman–Crippen LogP) is 3.50. The van der Waals surface area contributed by atoms with Gasteiger partial charge in [0.1, 0.15) is 0 Å². The summed E-state index contributed by atoms with van der Waals surface area (Å²) in [5.74, 6) is 0. The van der Waals surface area contributed by atoms with E-state index in [1.165, 1.54) is 22.0 Å². The first-order valence-electron chi connectivity index (χ1n) is 8.63. The van der Waals surface area contributed by atoms with Crippen molar-refractivity contribution in [2.24, 2.45) is 5.41 Å². The van der Waals surface area contributed by atoms with Crippen LogP contribution in [0.5, 0.6) is 0 Å². The molecule has 3 aliphatic rings. The minimum atomic E-state index is -0.119. The van der Waals surface area contributed by atoms with Crippen molar-refractivity contribution in [3.63, 3.8) is 0 Å². The third-order valence-corrected chi connectivity index (χ3v) is 9.05. The molecule has 4 rings (SSSR count). The van der Waals surface area contributed by atoms with E-state index in [1.807, 2.05) is 0 Å². The van der Waals surface area contributed by atoms with E-state index in [4.69, 9.17) is 9.47 Å². The first-order valence-corrected chi connectivity index (χ1v) is 10.5. The van der Waals surface area contributed by atoms with Gasteiger partial charge in [0.25, 0.3) is 0 Å². The van der Waals surface area contributed by atoms with E-state index < -0.39 is 0 Å². The van der Waals surface area contributed by atoms with E-state index in [0.29, 0.717) is 19.8 Å². The Morgan fingerprint density at radius 2 is 1.83 bits per heavy atom. The first kappa shape index (κ1) is 15.9. The van der Waals surface area contributed by atoms with Crippen molar-refractivity contribution in [1.29, 1.82) is 0 Å². The second-order valence-corrected chi connectivity index (χ2v) is 10.7. The maximum atomic E-state index is 6.61. The molecule has 1 aliphatic carbocycles. The van der Waals surface area contributed by atoms with Crippen molar-refractivity contribution in [3.05, 3.63) is 41.5 Å². The normalized spacial score (nSPS) is 34.3.